The van der Waals surface area contributed by atoms with E-state index in [1.54, 1.807) is 0 Å². The Hall–Kier alpha value is -1.88. The number of aryl methyl sites for hydroxylation is 2. The standard InChI is InChI=1S/C15H21N3O2/c1-5-14-17-18-15(20-14)9-19-13-7-6-10(2)8-12(13)11(3)16-4/h6-8,11,16H,5,9H2,1-4H3. The number of rotatable bonds is 6. The van der Waals surface area contributed by atoms with E-state index in [1.165, 1.54) is 5.56 Å². The predicted octanol–water partition coefficient (Wildman–Crippen LogP) is 2.80. The first-order valence-corrected chi connectivity index (χ1v) is 6.86. The van der Waals surface area contributed by atoms with E-state index in [9.17, 15) is 0 Å². The summed E-state index contributed by atoms with van der Waals surface area (Å²) in [5, 5.41) is 11.1. The van der Waals surface area contributed by atoms with Gasteiger partial charge in [-0.1, -0.05) is 24.6 Å². The van der Waals surface area contributed by atoms with Gasteiger partial charge in [0, 0.05) is 18.0 Å². The quantitative estimate of drug-likeness (QED) is 0.878. The maximum atomic E-state index is 5.82. The van der Waals surface area contributed by atoms with Crippen LogP contribution in [0.3, 0.4) is 0 Å². The smallest absolute Gasteiger partial charge is 0.253 e. The van der Waals surface area contributed by atoms with Crippen molar-refractivity contribution in [3.63, 3.8) is 0 Å². The molecule has 2 aromatic rings. The highest BCUT2D eigenvalue weighted by molar-refractivity contribution is 5.38. The Kier molecular flexibility index (Phi) is 4.74. The molecule has 1 atom stereocenters. The van der Waals surface area contributed by atoms with Gasteiger partial charge in [0.25, 0.3) is 5.89 Å². The third-order valence-electron chi connectivity index (χ3n) is 3.23. The molecule has 0 bridgehead atoms. The van der Waals surface area contributed by atoms with Gasteiger partial charge in [0.15, 0.2) is 6.61 Å². The lowest BCUT2D eigenvalue weighted by Gasteiger charge is -2.16. The Labute approximate surface area is 119 Å². The molecule has 1 heterocycles. The van der Waals surface area contributed by atoms with Crippen molar-refractivity contribution in [2.75, 3.05) is 7.05 Å². The fourth-order valence-electron chi connectivity index (χ4n) is 1.92. The molecule has 0 saturated heterocycles. The predicted molar refractivity (Wildman–Crippen MR) is 76.7 cm³/mol. The van der Waals surface area contributed by atoms with Crippen LogP contribution in [0.2, 0.25) is 0 Å². The van der Waals surface area contributed by atoms with Gasteiger partial charge in [-0.15, -0.1) is 10.2 Å². The summed E-state index contributed by atoms with van der Waals surface area (Å²) in [6.45, 7) is 6.44. The summed E-state index contributed by atoms with van der Waals surface area (Å²) in [7, 11) is 1.93. The first-order valence-electron chi connectivity index (χ1n) is 6.86. The Balaban J connectivity index is 2.12. The largest absolute Gasteiger partial charge is 0.483 e. The van der Waals surface area contributed by atoms with Crippen molar-refractivity contribution in [2.24, 2.45) is 0 Å². The van der Waals surface area contributed by atoms with Crippen LogP contribution in [0.4, 0.5) is 0 Å². The molecule has 1 aromatic carbocycles. The van der Waals surface area contributed by atoms with E-state index in [0.717, 1.165) is 17.7 Å². The van der Waals surface area contributed by atoms with Gasteiger partial charge in [0.1, 0.15) is 5.75 Å². The van der Waals surface area contributed by atoms with Crippen molar-refractivity contribution in [1.82, 2.24) is 15.5 Å². The Morgan fingerprint density at radius 2 is 2.05 bits per heavy atom. The lowest BCUT2D eigenvalue weighted by molar-refractivity contribution is 0.255. The van der Waals surface area contributed by atoms with E-state index in [-0.39, 0.29) is 6.04 Å². The molecule has 0 aliphatic rings. The minimum Gasteiger partial charge on any atom is -0.483 e. The molecule has 5 heteroatoms. The number of hydrogen-bond acceptors (Lipinski definition) is 5. The molecule has 108 valence electrons. The summed E-state index contributed by atoms with van der Waals surface area (Å²) < 4.78 is 11.3. The van der Waals surface area contributed by atoms with Gasteiger partial charge in [-0.05, 0) is 27.0 Å². The lowest BCUT2D eigenvalue weighted by atomic mass is 10.0. The van der Waals surface area contributed by atoms with Crippen LogP contribution in [0.5, 0.6) is 5.75 Å². The maximum absolute atomic E-state index is 5.82. The normalized spacial score (nSPS) is 12.4. The van der Waals surface area contributed by atoms with Gasteiger partial charge in [0.05, 0.1) is 0 Å². The number of hydrogen-bond donors (Lipinski definition) is 1. The van der Waals surface area contributed by atoms with Crippen LogP contribution in [-0.4, -0.2) is 17.2 Å². The highest BCUT2D eigenvalue weighted by Gasteiger charge is 2.12. The molecular formula is C15H21N3O2. The number of nitrogens with zero attached hydrogens (tertiary/aromatic N) is 2. The Morgan fingerprint density at radius 3 is 2.70 bits per heavy atom. The first kappa shape index (κ1) is 14.5. The topological polar surface area (TPSA) is 60.2 Å². The summed E-state index contributed by atoms with van der Waals surface area (Å²) >= 11 is 0. The molecule has 2 rings (SSSR count). The minimum atomic E-state index is 0.221. The number of aromatic nitrogens is 2. The van der Waals surface area contributed by atoms with Crippen molar-refractivity contribution in [3.05, 3.63) is 41.1 Å². The Bertz CT molecular complexity index is 566. The molecule has 0 spiro atoms. The number of benzene rings is 1. The summed E-state index contributed by atoms with van der Waals surface area (Å²) in [5.41, 5.74) is 2.34. The molecule has 0 amide bonds. The molecule has 1 unspecified atom stereocenters. The van der Waals surface area contributed by atoms with Crippen LogP contribution < -0.4 is 10.1 Å². The van der Waals surface area contributed by atoms with Crippen molar-refractivity contribution < 1.29 is 9.15 Å². The second kappa shape index (κ2) is 6.52. The van der Waals surface area contributed by atoms with Crippen molar-refractivity contribution in [2.45, 2.75) is 39.8 Å². The third-order valence-corrected chi connectivity index (χ3v) is 3.23. The lowest BCUT2D eigenvalue weighted by Crippen LogP contribution is -2.14. The molecule has 20 heavy (non-hydrogen) atoms. The maximum Gasteiger partial charge on any atom is 0.253 e. The molecule has 0 radical (unpaired) electrons. The van der Waals surface area contributed by atoms with E-state index in [0.29, 0.717) is 18.4 Å². The van der Waals surface area contributed by atoms with Crippen LogP contribution in [0, 0.1) is 6.92 Å². The van der Waals surface area contributed by atoms with E-state index >= 15 is 0 Å². The second-order valence-corrected chi connectivity index (χ2v) is 4.78. The summed E-state index contributed by atoms with van der Waals surface area (Å²) in [6.07, 6.45) is 0.736. The first-order chi connectivity index (χ1) is 9.63. The zero-order chi connectivity index (χ0) is 14.5. The van der Waals surface area contributed by atoms with Crippen LogP contribution in [-0.2, 0) is 13.0 Å². The van der Waals surface area contributed by atoms with Crippen LogP contribution in [0.1, 0.15) is 42.8 Å². The average molecular weight is 275 g/mol. The molecule has 0 fully saturated rings. The fraction of sp³-hybridized carbons (Fsp3) is 0.467. The summed E-state index contributed by atoms with van der Waals surface area (Å²) in [5.74, 6) is 1.98. The van der Waals surface area contributed by atoms with E-state index in [4.69, 9.17) is 9.15 Å². The van der Waals surface area contributed by atoms with E-state index < -0.39 is 0 Å². The fourth-order valence-corrected chi connectivity index (χ4v) is 1.92. The zero-order valence-electron chi connectivity index (χ0n) is 12.4. The monoisotopic (exact) mass is 275 g/mol. The van der Waals surface area contributed by atoms with Crippen LogP contribution >= 0.6 is 0 Å². The highest BCUT2D eigenvalue weighted by Crippen LogP contribution is 2.26. The molecule has 1 N–H and O–H groups in total. The van der Waals surface area contributed by atoms with Crippen LogP contribution in [0.15, 0.2) is 22.6 Å². The molecule has 1 aromatic heterocycles. The van der Waals surface area contributed by atoms with Crippen LogP contribution in [0.25, 0.3) is 0 Å². The molecular weight excluding hydrogens is 254 g/mol. The van der Waals surface area contributed by atoms with Gasteiger partial charge in [0.2, 0.25) is 5.89 Å². The molecule has 0 aliphatic heterocycles. The van der Waals surface area contributed by atoms with Gasteiger partial charge < -0.3 is 14.5 Å². The van der Waals surface area contributed by atoms with Gasteiger partial charge >= 0.3 is 0 Å². The van der Waals surface area contributed by atoms with Gasteiger partial charge in [-0.2, -0.15) is 0 Å². The SMILES string of the molecule is CCc1nnc(COc2ccc(C)cc2C(C)NC)o1. The molecule has 0 saturated carbocycles. The van der Waals surface area contributed by atoms with Crippen molar-refractivity contribution >= 4 is 0 Å². The highest BCUT2D eigenvalue weighted by atomic mass is 16.5. The third kappa shape index (κ3) is 3.36. The number of ether oxygens (including phenoxy) is 1. The van der Waals surface area contributed by atoms with Crippen molar-refractivity contribution in [1.29, 1.82) is 0 Å². The molecule has 0 aliphatic carbocycles. The van der Waals surface area contributed by atoms with E-state index in [1.807, 2.05) is 26.1 Å². The number of nitrogens with one attached hydrogen (secondary N) is 1. The van der Waals surface area contributed by atoms with Gasteiger partial charge in [-0.25, -0.2) is 0 Å². The summed E-state index contributed by atoms with van der Waals surface area (Å²) in [4.78, 5) is 0. The van der Waals surface area contributed by atoms with Gasteiger partial charge in [-0.3, -0.25) is 0 Å². The van der Waals surface area contributed by atoms with E-state index in [2.05, 4.69) is 35.4 Å². The zero-order valence-corrected chi connectivity index (χ0v) is 12.4. The summed E-state index contributed by atoms with van der Waals surface area (Å²) in [6, 6.07) is 6.36. The Morgan fingerprint density at radius 1 is 1.30 bits per heavy atom. The second-order valence-electron chi connectivity index (χ2n) is 4.78. The molecule has 5 nitrogen and oxygen atoms in total. The van der Waals surface area contributed by atoms with Crippen molar-refractivity contribution in [3.8, 4) is 5.75 Å². The average Bonchev–Trinajstić information content (AvgIpc) is 2.93. The minimum absolute atomic E-state index is 0.221.